The first-order valence-electron chi connectivity index (χ1n) is 6.50. The van der Waals surface area contributed by atoms with Crippen LogP contribution in [0.2, 0.25) is 5.15 Å². The van der Waals surface area contributed by atoms with Crippen molar-refractivity contribution in [3.05, 3.63) is 40.7 Å². The van der Waals surface area contributed by atoms with Crippen LogP contribution in [0.1, 0.15) is 30.3 Å². The summed E-state index contributed by atoms with van der Waals surface area (Å²) in [5, 5.41) is 10.4. The molecule has 7 heteroatoms. The Kier molecular flexibility index (Phi) is 3.45. The van der Waals surface area contributed by atoms with Crippen molar-refractivity contribution in [2.75, 3.05) is 0 Å². The summed E-state index contributed by atoms with van der Waals surface area (Å²) in [6.07, 6.45) is -3.04. The van der Waals surface area contributed by atoms with E-state index < -0.39 is 18.0 Å². The van der Waals surface area contributed by atoms with Gasteiger partial charge in [-0.1, -0.05) is 23.7 Å². The van der Waals surface area contributed by atoms with Crippen molar-refractivity contribution in [1.29, 1.82) is 0 Å². The molecule has 2 heterocycles. The molecule has 0 aliphatic carbocycles. The molecule has 0 bridgehead atoms. The summed E-state index contributed by atoms with van der Waals surface area (Å²) in [4.78, 5) is 4.19. The SMILES string of the molecule is OC1CCCc2c(Cl)nc(-c3ccc(C(F)(F)F)cc3)n21. The van der Waals surface area contributed by atoms with Crippen molar-refractivity contribution in [1.82, 2.24) is 9.55 Å². The van der Waals surface area contributed by atoms with Crippen LogP contribution in [-0.4, -0.2) is 14.7 Å². The van der Waals surface area contributed by atoms with E-state index in [1.165, 1.54) is 12.1 Å². The molecule has 1 N–H and O–H groups in total. The van der Waals surface area contributed by atoms with E-state index in [1.807, 2.05) is 0 Å². The van der Waals surface area contributed by atoms with Crippen LogP contribution in [0.25, 0.3) is 11.4 Å². The van der Waals surface area contributed by atoms with Gasteiger partial charge in [-0.05, 0) is 31.4 Å². The monoisotopic (exact) mass is 316 g/mol. The van der Waals surface area contributed by atoms with E-state index in [-0.39, 0.29) is 0 Å². The van der Waals surface area contributed by atoms with Gasteiger partial charge >= 0.3 is 6.18 Å². The zero-order valence-corrected chi connectivity index (χ0v) is 11.6. The van der Waals surface area contributed by atoms with Gasteiger partial charge in [-0.15, -0.1) is 0 Å². The van der Waals surface area contributed by atoms with Gasteiger partial charge in [-0.2, -0.15) is 13.2 Å². The fourth-order valence-electron chi connectivity index (χ4n) is 2.58. The number of fused-ring (bicyclic) bond motifs is 1. The molecule has 2 aromatic rings. The topological polar surface area (TPSA) is 38.1 Å². The summed E-state index contributed by atoms with van der Waals surface area (Å²) >= 11 is 6.06. The van der Waals surface area contributed by atoms with Gasteiger partial charge in [0.15, 0.2) is 5.15 Å². The third kappa shape index (κ3) is 2.53. The molecule has 112 valence electrons. The first-order chi connectivity index (χ1) is 9.88. The summed E-state index contributed by atoms with van der Waals surface area (Å²) in [5.41, 5.74) is 0.505. The van der Waals surface area contributed by atoms with Crippen molar-refractivity contribution < 1.29 is 18.3 Å². The molecule has 0 fully saturated rings. The summed E-state index contributed by atoms with van der Waals surface area (Å²) in [6, 6.07) is 4.69. The molecule has 1 aliphatic rings. The lowest BCUT2D eigenvalue weighted by molar-refractivity contribution is -0.137. The number of imidazole rings is 1. The van der Waals surface area contributed by atoms with Gasteiger partial charge < -0.3 is 9.67 Å². The Morgan fingerprint density at radius 2 is 1.90 bits per heavy atom. The first-order valence-corrected chi connectivity index (χ1v) is 6.88. The van der Waals surface area contributed by atoms with Gasteiger partial charge in [0.1, 0.15) is 12.1 Å². The molecule has 0 spiro atoms. The van der Waals surface area contributed by atoms with Crippen LogP contribution in [-0.2, 0) is 12.6 Å². The highest BCUT2D eigenvalue weighted by Gasteiger charge is 2.31. The number of nitrogens with zero attached hydrogens (tertiary/aromatic N) is 2. The van der Waals surface area contributed by atoms with E-state index in [1.54, 1.807) is 4.57 Å². The van der Waals surface area contributed by atoms with Crippen LogP contribution in [0.15, 0.2) is 24.3 Å². The number of alkyl halides is 3. The van der Waals surface area contributed by atoms with E-state index in [4.69, 9.17) is 11.6 Å². The molecule has 1 aromatic heterocycles. The standard InChI is InChI=1S/C14H12ClF3N2O/c15-12-10-2-1-3-11(21)20(10)13(19-12)8-4-6-9(7-5-8)14(16,17)18/h4-7,11,21H,1-3H2. The molecule has 0 saturated heterocycles. The minimum atomic E-state index is -4.37. The number of aromatic nitrogens is 2. The minimum absolute atomic E-state index is 0.295. The average molecular weight is 317 g/mol. The second-order valence-corrected chi connectivity index (χ2v) is 5.35. The van der Waals surface area contributed by atoms with Crippen molar-refractivity contribution >= 4 is 11.6 Å². The lowest BCUT2D eigenvalue weighted by Crippen LogP contribution is -2.18. The number of benzene rings is 1. The average Bonchev–Trinajstić information content (AvgIpc) is 2.77. The van der Waals surface area contributed by atoms with Crippen molar-refractivity contribution in [3.8, 4) is 11.4 Å². The molecule has 0 radical (unpaired) electrons. The van der Waals surface area contributed by atoms with Crippen LogP contribution in [0.5, 0.6) is 0 Å². The Morgan fingerprint density at radius 1 is 1.24 bits per heavy atom. The van der Waals surface area contributed by atoms with E-state index in [9.17, 15) is 18.3 Å². The predicted octanol–water partition coefficient (Wildman–Crippen LogP) is 4.05. The van der Waals surface area contributed by atoms with Crippen LogP contribution < -0.4 is 0 Å². The lowest BCUT2D eigenvalue weighted by atomic mass is 10.1. The van der Waals surface area contributed by atoms with E-state index in [0.717, 1.165) is 24.2 Å². The first kappa shape index (κ1) is 14.4. The fourth-order valence-corrected chi connectivity index (χ4v) is 2.84. The van der Waals surface area contributed by atoms with Gasteiger partial charge in [0, 0.05) is 5.56 Å². The van der Waals surface area contributed by atoms with Crippen LogP contribution >= 0.6 is 11.6 Å². The predicted molar refractivity (Wildman–Crippen MR) is 71.9 cm³/mol. The third-order valence-corrected chi connectivity index (χ3v) is 3.91. The Bertz CT molecular complexity index is 664. The zero-order valence-electron chi connectivity index (χ0n) is 10.9. The molecule has 3 rings (SSSR count). The second-order valence-electron chi connectivity index (χ2n) is 4.99. The largest absolute Gasteiger partial charge is 0.416 e. The quantitative estimate of drug-likeness (QED) is 0.862. The highest BCUT2D eigenvalue weighted by molar-refractivity contribution is 6.30. The number of aliphatic hydroxyl groups is 1. The van der Waals surface area contributed by atoms with Crippen molar-refractivity contribution in [2.45, 2.75) is 31.7 Å². The highest BCUT2D eigenvalue weighted by atomic mass is 35.5. The fraction of sp³-hybridized carbons (Fsp3) is 0.357. The Labute approximate surface area is 124 Å². The summed E-state index contributed by atoms with van der Waals surface area (Å²) in [7, 11) is 0. The minimum Gasteiger partial charge on any atom is -0.373 e. The number of aliphatic hydroxyl groups excluding tert-OH is 1. The number of hydrogen-bond donors (Lipinski definition) is 1. The van der Waals surface area contributed by atoms with Gasteiger partial charge in [-0.25, -0.2) is 4.98 Å². The Morgan fingerprint density at radius 3 is 2.52 bits per heavy atom. The normalized spacial score (nSPS) is 18.6. The molecule has 0 saturated carbocycles. The van der Waals surface area contributed by atoms with Crippen molar-refractivity contribution in [3.63, 3.8) is 0 Å². The Balaban J connectivity index is 2.05. The maximum Gasteiger partial charge on any atom is 0.416 e. The van der Waals surface area contributed by atoms with Gasteiger partial charge in [0.2, 0.25) is 0 Å². The molecule has 1 aliphatic heterocycles. The molecule has 21 heavy (non-hydrogen) atoms. The zero-order chi connectivity index (χ0) is 15.2. The van der Waals surface area contributed by atoms with Crippen LogP contribution in [0.4, 0.5) is 13.2 Å². The van der Waals surface area contributed by atoms with Gasteiger partial charge in [-0.3, -0.25) is 0 Å². The lowest BCUT2D eigenvalue weighted by Gasteiger charge is -2.23. The van der Waals surface area contributed by atoms with Crippen molar-refractivity contribution in [2.24, 2.45) is 0 Å². The highest BCUT2D eigenvalue weighted by Crippen LogP contribution is 2.35. The number of halogens is 4. The third-order valence-electron chi connectivity index (χ3n) is 3.61. The van der Waals surface area contributed by atoms with Gasteiger partial charge in [0.05, 0.1) is 11.3 Å². The maximum absolute atomic E-state index is 12.6. The Hall–Kier alpha value is -1.53. The van der Waals surface area contributed by atoms with E-state index in [0.29, 0.717) is 29.4 Å². The molecule has 1 aromatic carbocycles. The summed E-state index contributed by atoms with van der Waals surface area (Å²) in [5.74, 6) is 0.399. The van der Waals surface area contributed by atoms with Crippen LogP contribution in [0, 0.1) is 0 Å². The number of hydrogen-bond acceptors (Lipinski definition) is 2. The molecule has 3 nitrogen and oxygen atoms in total. The molecular formula is C14H12ClF3N2O. The number of rotatable bonds is 1. The molecule has 0 amide bonds. The van der Waals surface area contributed by atoms with E-state index >= 15 is 0 Å². The summed E-state index contributed by atoms with van der Waals surface area (Å²) < 4.78 is 39.3. The molecule has 1 unspecified atom stereocenters. The van der Waals surface area contributed by atoms with Crippen LogP contribution in [0.3, 0.4) is 0 Å². The smallest absolute Gasteiger partial charge is 0.373 e. The van der Waals surface area contributed by atoms with Gasteiger partial charge in [0.25, 0.3) is 0 Å². The van der Waals surface area contributed by atoms with E-state index in [2.05, 4.69) is 4.98 Å². The second kappa shape index (κ2) is 5.03. The maximum atomic E-state index is 12.6. The molecular weight excluding hydrogens is 305 g/mol. The summed E-state index contributed by atoms with van der Waals surface area (Å²) in [6.45, 7) is 0. The molecule has 1 atom stereocenters.